The van der Waals surface area contributed by atoms with Crippen LogP contribution in [0.25, 0.3) is 10.8 Å². The zero-order valence-electron chi connectivity index (χ0n) is 10.4. The predicted octanol–water partition coefficient (Wildman–Crippen LogP) is 2.13. The Morgan fingerprint density at radius 1 is 0.944 bits per heavy atom. The number of hydrogen-bond acceptors (Lipinski definition) is 5. The van der Waals surface area contributed by atoms with Crippen LogP contribution in [0.4, 0.5) is 0 Å². The van der Waals surface area contributed by atoms with Crippen molar-refractivity contribution in [1.29, 1.82) is 5.26 Å². The molecule has 0 bridgehead atoms. The molecule has 1 aromatic heterocycles. The lowest BCUT2D eigenvalue weighted by Gasteiger charge is -2.11. The molecule has 0 saturated heterocycles. The maximum atomic E-state index is 9.06. The lowest BCUT2D eigenvalue weighted by Crippen LogP contribution is -1.95. The van der Waals surface area contributed by atoms with Crippen molar-refractivity contribution in [3.8, 4) is 23.3 Å². The van der Waals surface area contributed by atoms with E-state index in [4.69, 9.17) is 19.5 Å². The van der Waals surface area contributed by atoms with Crippen molar-refractivity contribution in [2.75, 3.05) is 21.3 Å². The van der Waals surface area contributed by atoms with Gasteiger partial charge in [-0.15, -0.1) is 0 Å². The molecular weight excluding hydrogens is 232 g/mol. The minimum atomic E-state index is 0.326. The predicted molar refractivity (Wildman–Crippen MR) is 66.1 cm³/mol. The monoisotopic (exact) mass is 244 g/mol. The number of hydrogen-bond donors (Lipinski definition) is 0. The summed E-state index contributed by atoms with van der Waals surface area (Å²) < 4.78 is 15.7. The van der Waals surface area contributed by atoms with E-state index in [1.165, 1.54) is 6.20 Å². The van der Waals surface area contributed by atoms with Crippen LogP contribution in [0.5, 0.6) is 17.2 Å². The van der Waals surface area contributed by atoms with E-state index < -0.39 is 0 Å². The average Bonchev–Trinajstić information content (AvgIpc) is 2.44. The quantitative estimate of drug-likeness (QED) is 0.827. The van der Waals surface area contributed by atoms with Crippen LogP contribution in [-0.4, -0.2) is 26.3 Å². The molecule has 5 nitrogen and oxygen atoms in total. The molecule has 0 saturated carbocycles. The van der Waals surface area contributed by atoms with Gasteiger partial charge in [0.15, 0.2) is 11.5 Å². The van der Waals surface area contributed by atoms with Gasteiger partial charge >= 0.3 is 0 Å². The van der Waals surface area contributed by atoms with Gasteiger partial charge in [0.2, 0.25) is 0 Å². The molecule has 0 fully saturated rings. The van der Waals surface area contributed by atoms with Crippen molar-refractivity contribution in [2.24, 2.45) is 0 Å². The number of methoxy groups -OCH3 is 3. The third-order valence-electron chi connectivity index (χ3n) is 2.68. The number of nitrogens with zero attached hydrogens (tertiary/aromatic N) is 2. The average molecular weight is 244 g/mol. The summed E-state index contributed by atoms with van der Waals surface area (Å²) in [5.74, 6) is 1.72. The zero-order valence-corrected chi connectivity index (χ0v) is 10.4. The summed E-state index contributed by atoms with van der Waals surface area (Å²) >= 11 is 0. The Morgan fingerprint density at radius 3 is 2.00 bits per heavy atom. The Balaban J connectivity index is 2.85. The Hall–Kier alpha value is -2.48. The first-order valence-corrected chi connectivity index (χ1v) is 5.24. The highest BCUT2D eigenvalue weighted by atomic mass is 16.5. The number of rotatable bonds is 3. The van der Waals surface area contributed by atoms with E-state index in [-0.39, 0.29) is 0 Å². The van der Waals surface area contributed by atoms with Gasteiger partial charge in [0.05, 0.1) is 27.5 Å². The van der Waals surface area contributed by atoms with Crippen molar-refractivity contribution in [1.82, 2.24) is 4.98 Å². The second-order valence-electron chi connectivity index (χ2n) is 3.54. The maximum absolute atomic E-state index is 9.06. The van der Waals surface area contributed by atoms with Crippen LogP contribution in [0.2, 0.25) is 0 Å². The normalized spacial score (nSPS) is 9.89. The zero-order chi connectivity index (χ0) is 13.1. The Kier molecular flexibility index (Phi) is 3.20. The Labute approximate surface area is 105 Å². The molecule has 92 valence electrons. The van der Waals surface area contributed by atoms with Gasteiger partial charge in [-0.25, -0.2) is 4.98 Å². The van der Waals surface area contributed by atoms with Gasteiger partial charge in [0.1, 0.15) is 17.5 Å². The summed E-state index contributed by atoms with van der Waals surface area (Å²) in [6.07, 6.45) is 1.52. The summed E-state index contributed by atoms with van der Waals surface area (Å²) in [5.41, 5.74) is 0.326. The van der Waals surface area contributed by atoms with Crippen molar-refractivity contribution in [3.05, 3.63) is 24.0 Å². The molecule has 0 N–H and O–H groups in total. The molecule has 0 amide bonds. The molecule has 0 aliphatic carbocycles. The van der Waals surface area contributed by atoms with E-state index in [1.807, 2.05) is 6.07 Å². The molecule has 1 aromatic carbocycles. The van der Waals surface area contributed by atoms with Crippen molar-refractivity contribution < 1.29 is 14.2 Å². The van der Waals surface area contributed by atoms with Gasteiger partial charge in [-0.2, -0.15) is 5.26 Å². The number of nitriles is 1. The fourth-order valence-corrected chi connectivity index (χ4v) is 1.79. The van der Waals surface area contributed by atoms with Crippen LogP contribution in [0.3, 0.4) is 0 Å². The molecule has 2 aromatic rings. The minimum Gasteiger partial charge on any atom is -0.494 e. The molecular formula is C13H12N2O3. The van der Waals surface area contributed by atoms with E-state index in [2.05, 4.69) is 4.98 Å². The molecule has 0 radical (unpaired) electrons. The molecule has 0 aliphatic rings. The van der Waals surface area contributed by atoms with Crippen LogP contribution in [0.1, 0.15) is 5.69 Å². The SMILES string of the molecule is COc1cc2c(OC)cnc(C#N)c2cc1OC. The maximum Gasteiger partial charge on any atom is 0.161 e. The third-order valence-corrected chi connectivity index (χ3v) is 2.68. The highest BCUT2D eigenvalue weighted by molar-refractivity contribution is 5.94. The molecule has 18 heavy (non-hydrogen) atoms. The second-order valence-corrected chi connectivity index (χ2v) is 3.54. The fraction of sp³-hybridized carbons (Fsp3) is 0.231. The van der Waals surface area contributed by atoms with Crippen molar-refractivity contribution in [2.45, 2.75) is 0 Å². The van der Waals surface area contributed by atoms with Crippen LogP contribution >= 0.6 is 0 Å². The summed E-state index contributed by atoms with van der Waals surface area (Å²) in [5, 5.41) is 10.5. The van der Waals surface area contributed by atoms with Crippen LogP contribution in [0, 0.1) is 11.3 Å². The van der Waals surface area contributed by atoms with E-state index in [9.17, 15) is 0 Å². The lowest BCUT2D eigenvalue weighted by atomic mass is 10.1. The summed E-state index contributed by atoms with van der Waals surface area (Å²) in [4.78, 5) is 4.04. The largest absolute Gasteiger partial charge is 0.494 e. The van der Waals surface area contributed by atoms with Gasteiger partial charge in [-0.05, 0) is 12.1 Å². The van der Waals surface area contributed by atoms with E-state index in [0.717, 1.165) is 5.39 Å². The first-order valence-electron chi connectivity index (χ1n) is 5.24. The van der Waals surface area contributed by atoms with E-state index in [1.54, 1.807) is 33.5 Å². The van der Waals surface area contributed by atoms with Crippen LogP contribution < -0.4 is 14.2 Å². The summed E-state index contributed by atoms with van der Waals surface area (Å²) in [6, 6.07) is 5.54. The number of benzene rings is 1. The van der Waals surface area contributed by atoms with Crippen LogP contribution in [-0.2, 0) is 0 Å². The third kappa shape index (κ3) is 1.78. The van der Waals surface area contributed by atoms with E-state index in [0.29, 0.717) is 28.3 Å². The van der Waals surface area contributed by atoms with Gasteiger partial charge < -0.3 is 14.2 Å². The standard InChI is InChI=1S/C13H12N2O3/c1-16-11-4-8-9(5-12(11)17-2)13(18-3)7-15-10(8)6-14/h4-5,7H,1-3H3. The molecule has 0 unspecified atom stereocenters. The molecule has 0 aliphatic heterocycles. The van der Waals surface area contributed by atoms with Gasteiger partial charge in [0.25, 0.3) is 0 Å². The molecule has 1 heterocycles. The van der Waals surface area contributed by atoms with Crippen molar-refractivity contribution in [3.63, 3.8) is 0 Å². The minimum absolute atomic E-state index is 0.326. The number of aromatic nitrogens is 1. The molecule has 0 spiro atoms. The Bertz CT molecular complexity index is 632. The summed E-state index contributed by atoms with van der Waals surface area (Å²) in [6.45, 7) is 0. The van der Waals surface area contributed by atoms with Gasteiger partial charge in [-0.3, -0.25) is 0 Å². The van der Waals surface area contributed by atoms with Crippen molar-refractivity contribution >= 4 is 10.8 Å². The smallest absolute Gasteiger partial charge is 0.161 e. The fourth-order valence-electron chi connectivity index (χ4n) is 1.79. The number of ether oxygens (including phenoxy) is 3. The Morgan fingerprint density at radius 2 is 1.50 bits per heavy atom. The van der Waals surface area contributed by atoms with Gasteiger partial charge in [0, 0.05) is 10.8 Å². The highest BCUT2D eigenvalue weighted by Crippen LogP contribution is 2.36. The number of fused-ring (bicyclic) bond motifs is 1. The topological polar surface area (TPSA) is 64.4 Å². The molecule has 2 rings (SSSR count). The first kappa shape index (κ1) is 12.0. The van der Waals surface area contributed by atoms with Crippen LogP contribution in [0.15, 0.2) is 18.3 Å². The summed E-state index contributed by atoms with van der Waals surface area (Å²) in [7, 11) is 4.66. The lowest BCUT2D eigenvalue weighted by molar-refractivity contribution is 0.355. The first-order chi connectivity index (χ1) is 8.74. The van der Waals surface area contributed by atoms with E-state index >= 15 is 0 Å². The molecule has 0 atom stereocenters. The second kappa shape index (κ2) is 4.80. The number of pyridine rings is 1. The van der Waals surface area contributed by atoms with Gasteiger partial charge in [-0.1, -0.05) is 0 Å². The molecule has 5 heteroatoms. The highest BCUT2D eigenvalue weighted by Gasteiger charge is 2.13.